The van der Waals surface area contributed by atoms with Crippen molar-refractivity contribution < 1.29 is 14.3 Å². The van der Waals surface area contributed by atoms with Crippen molar-refractivity contribution in [3.05, 3.63) is 23.8 Å². The van der Waals surface area contributed by atoms with Gasteiger partial charge in [-0.3, -0.25) is 9.69 Å². The molecule has 2 heterocycles. The minimum atomic E-state index is -0.0888. The van der Waals surface area contributed by atoms with Crippen LogP contribution in [0.2, 0.25) is 0 Å². The highest BCUT2D eigenvalue weighted by Gasteiger charge is 2.33. The average molecular weight is 373 g/mol. The Morgan fingerprint density at radius 2 is 1.81 bits per heavy atom. The first-order chi connectivity index (χ1) is 13.2. The number of ether oxygens (including phenoxy) is 2. The molecular weight excluding hydrogens is 340 g/mol. The largest absolute Gasteiger partial charge is 0.486 e. The molecule has 1 aliphatic carbocycles. The predicted octanol–water partition coefficient (Wildman–Crippen LogP) is 3.33. The predicted molar refractivity (Wildman–Crippen MR) is 105 cm³/mol. The van der Waals surface area contributed by atoms with E-state index in [9.17, 15) is 4.79 Å². The van der Waals surface area contributed by atoms with Crippen LogP contribution < -0.4 is 14.8 Å². The lowest BCUT2D eigenvalue weighted by atomic mass is 9.84. The van der Waals surface area contributed by atoms with Crippen LogP contribution in [0.4, 0.5) is 0 Å². The lowest BCUT2D eigenvalue weighted by Crippen LogP contribution is -2.43. The maximum atomic E-state index is 13.2. The van der Waals surface area contributed by atoms with Gasteiger partial charge < -0.3 is 14.8 Å². The SMILES string of the molecule is CC(CNC(=O)C(c1ccc2c(c1)OCCO2)C1CCCC1)N1CCCC1. The van der Waals surface area contributed by atoms with Crippen LogP contribution in [0, 0.1) is 5.92 Å². The van der Waals surface area contributed by atoms with Gasteiger partial charge in [0, 0.05) is 12.6 Å². The van der Waals surface area contributed by atoms with Crippen molar-refractivity contribution in [1.29, 1.82) is 0 Å². The van der Waals surface area contributed by atoms with Crippen molar-refractivity contribution in [1.82, 2.24) is 10.2 Å². The number of carbonyl (C=O) groups excluding carboxylic acids is 1. The van der Waals surface area contributed by atoms with E-state index < -0.39 is 0 Å². The molecule has 2 atom stereocenters. The third kappa shape index (κ3) is 4.23. The molecule has 2 aliphatic heterocycles. The molecule has 0 radical (unpaired) electrons. The smallest absolute Gasteiger partial charge is 0.227 e. The maximum absolute atomic E-state index is 13.2. The first-order valence-electron chi connectivity index (χ1n) is 10.6. The van der Waals surface area contributed by atoms with Crippen LogP contribution >= 0.6 is 0 Å². The molecular formula is C22H32N2O3. The van der Waals surface area contributed by atoms with Crippen molar-refractivity contribution in [3.8, 4) is 11.5 Å². The summed E-state index contributed by atoms with van der Waals surface area (Å²) < 4.78 is 11.4. The molecule has 148 valence electrons. The molecule has 2 fully saturated rings. The number of rotatable bonds is 6. The molecule has 1 amide bonds. The molecule has 1 saturated heterocycles. The highest BCUT2D eigenvalue weighted by Crippen LogP contribution is 2.40. The summed E-state index contributed by atoms with van der Waals surface area (Å²) in [6.45, 7) is 6.43. The van der Waals surface area contributed by atoms with Crippen LogP contribution in [0.1, 0.15) is 56.9 Å². The molecule has 1 aromatic rings. The topological polar surface area (TPSA) is 50.8 Å². The van der Waals surface area contributed by atoms with Gasteiger partial charge in [-0.25, -0.2) is 0 Å². The lowest BCUT2D eigenvalue weighted by molar-refractivity contribution is -0.124. The van der Waals surface area contributed by atoms with Gasteiger partial charge in [0.25, 0.3) is 0 Å². The molecule has 4 rings (SSSR count). The van der Waals surface area contributed by atoms with E-state index in [1.165, 1.54) is 25.7 Å². The van der Waals surface area contributed by atoms with Crippen LogP contribution in [0.3, 0.4) is 0 Å². The Kier molecular flexibility index (Phi) is 5.86. The summed E-state index contributed by atoms with van der Waals surface area (Å²) in [6.07, 6.45) is 7.27. The maximum Gasteiger partial charge on any atom is 0.227 e. The molecule has 5 nitrogen and oxygen atoms in total. The van der Waals surface area contributed by atoms with Gasteiger partial charge in [0.1, 0.15) is 13.2 Å². The van der Waals surface area contributed by atoms with E-state index in [1.54, 1.807) is 0 Å². The minimum Gasteiger partial charge on any atom is -0.486 e. The zero-order valence-electron chi connectivity index (χ0n) is 16.4. The number of carbonyl (C=O) groups is 1. The molecule has 2 unspecified atom stereocenters. The van der Waals surface area contributed by atoms with Crippen LogP contribution in [0.25, 0.3) is 0 Å². The van der Waals surface area contributed by atoms with Gasteiger partial charge in [0.15, 0.2) is 11.5 Å². The first kappa shape index (κ1) is 18.6. The van der Waals surface area contributed by atoms with Gasteiger partial charge in [-0.15, -0.1) is 0 Å². The molecule has 0 bridgehead atoms. The van der Waals surface area contributed by atoms with Gasteiger partial charge in [-0.2, -0.15) is 0 Å². The Morgan fingerprint density at radius 3 is 2.56 bits per heavy atom. The minimum absolute atomic E-state index is 0.0888. The standard InChI is InChI=1S/C22H32N2O3/c1-16(24-10-4-5-11-24)15-23-22(25)21(17-6-2-3-7-17)18-8-9-19-20(14-18)27-13-12-26-19/h8-9,14,16-17,21H,2-7,10-13,15H2,1H3,(H,23,25). The second-order valence-electron chi connectivity index (χ2n) is 8.26. The number of hydrogen-bond donors (Lipinski definition) is 1. The van der Waals surface area contributed by atoms with Crippen molar-refractivity contribution in [2.24, 2.45) is 5.92 Å². The van der Waals surface area contributed by atoms with Gasteiger partial charge in [0.2, 0.25) is 5.91 Å². The van der Waals surface area contributed by atoms with Crippen LogP contribution in [0.15, 0.2) is 18.2 Å². The molecule has 1 aromatic carbocycles. The highest BCUT2D eigenvalue weighted by atomic mass is 16.6. The van der Waals surface area contributed by atoms with Crippen LogP contribution in [-0.4, -0.2) is 49.7 Å². The van der Waals surface area contributed by atoms with E-state index in [-0.39, 0.29) is 11.8 Å². The van der Waals surface area contributed by atoms with Crippen LogP contribution in [0.5, 0.6) is 11.5 Å². The van der Waals surface area contributed by atoms with Gasteiger partial charge in [0.05, 0.1) is 5.92 Å². The van der Waals surface area contributed by atoms with E-state index in [0.29, 0.717) is 25.2 Å². The number of likely N-dealkylation sites (tertiary alicyclic amines) is 1. The number of amides is 1. The summed E-state index contributed by atoms with van der Waals surface area (Å²) in [4.78, 5) is 15.7. The van der Waals surface area contributed by atoms with Gasteiger partial charge in [-0.05, 0) is 69.3 Å². The number of nitrogens with one attached hydrogen (secondary N) is 1. The molecule has 0 spiro atoms. The summed E-state index contributed by atoms with van der Waals surface area (Å²) in [5.41, 5.74) is 1.07. The zero-order chi connectivity index (χ0) is 18.6. The number of nitrogens with zero attached hydrogens (tertiary/aromatic N) is 1. The Hall–Kier alpha value is -1.75. The zero-order valence-corrected chi connectivity index (χ0v) is 16.4. The fourth-order valence-electron chi connectivity index (χ4n) is 4.85. The Balaban J connectivity index is 1.47. The lowest BCUT2D eigenvalue weighted by Gasteiger charge is -2.28. The van der Waals surface area contributed by atoms with Crippen LogP contribution in [-0.2, 0) is 4.79 Å². The molecule has 1 N–H and O–H groups in total. The normalized spacial score (nSPS) is 22.6. The number of benzene rings is 1. The fourth-order valence-corrected chi connectivity index (χ4v) is 4.85. The van der Waals surface area contributed by atoms with Crippen molar-refractivity contribution in [2.45, 2.75) is 57.4 Å². The molecule has 0 aromatic heterocycles. The molecule has 27 heavy (non-hydrogen) atoms. The van der Waals surface area contributed by atoms with E-state index in [1.807, 2.05) is 12.1 Å². The molecule has 5 heteroatoms. The number of fused-ring (bicyclic) bond motifs is 1. The van der Waals surface area contributed by atoms with E-state index in [2.05, 4.69) is 23.2 Å². The van der Waals surface area contributed by atoms with Gasteiger partial charge in [-0.1, -0.05) is 18.9 Å². The average Bonchev–Trinajstić information content (AvgIpc) is 3.40. The van der Waals surface area contributed by atoms with Crippen molar-refractivity contribution >= 4 is 5.91 Å². The quantitative estimate of drug-likeness (QED) is 0.832. The first-order valence-corrected chi connectivity index (χ1v) is 10.6. The van der Waals surface area contributed by atoms with Crippen molar-refractivity contribution in [2.75, 3.05) is 32.8 Å². The summed E-state index contributed by atoms with van der Waals surface area (Å²) in [7, 11) is 0. The van der Waals surface area contributed by atoms with Crippen molar-refractivity contribution in [3.63, 3.8) is 0 Å². The third-order valence-corrected chi connectivity index (χ3v) is 6.41. The second-order valence-corrected chi connectivity index (χ2v) is 8.26. The van der Waals surface area contributed by atoms with Gasteiger partial charge >= 0.3 is 0 Å². The number of hydrogen-bond acceptors (Lipinski definition) is 4. The summed E-state index contributed by atoms with van der Waals surface area (Å²) in [6, 6.07) is 6.45. The summed E-state index contributed by atoms with van der Waals surface area (Å²) in [5.74, 6) is 2.08. The molecule has 1 saturated carbocycles. The summed E-state index contributed by atoms with van der Waals surface area (Å²) >= 11 is 0. The second kappa shape index (κ2) is 8.51. The fraction of sp³-hybridized carbons (Fsp3) is 0.682. The Labute approximate surface area is 162 Å². The Morgan fingerprint density at radius 1 is 1.11 bits per heavy atom. The van der Waals surface area contributed by atoms with E-state index in [4.69, 9.17) is 9.47 Å². The third-order valence-electron chi connectivity index (χ3n) is 6.41. The van der Waals surface area contributed by atoms with E-state index in [0.717, 1.165) is 49.5 Å². The monoisotopic (exact) mass is 372 g/mol. The Bertz CT molecular complexity index is 651. The molecule has 3 aliphatic rings. The van der Waals surface area contributed by atoms with E-state index >= 15 is 0 Å². The highest BCUT2D eigenvalue weighted by molar-refractivity contribution is 5.84. The summed E-state index contributed by atoms with van der Waals surface area (Å²) in [5, 5.41) is 3.26.